The molecule has 8 heteroatoms. The first-order chi connectivity index (χ1) is 13.3. The second-order valence-corrected chi connectivity index (χ2v) is 7.58. The van der Waals surface area contributed by atoms with Crippen LogP contribution in [0.15, 0.2) is 6.20 Å². The molecule has 2 fully saturated rings. The molecule has 5 rings (SSSR count). The van der Waals surface area contributed by atoms with Gasteiger partial charge in [0, 0.05) is 31.5 Å². The van der Waals surface area contributed by atoms with Crippen LogP contribution in [0.25, 0.3) is 0 Å². The highest BCUT2D eigenvalue weighted by molar-refractivity contribution is 5.64. The summed E-state index contributed by atoms with van der Waals surface area (Å²) in [6.45, 7) is 5.09. The normalized spacial score (nSPS) is 20.6. The van der Waals surface area contributed by atoms with Crippen LogP contribution in [0.3, 0.4) is 0 Å². The van der Waals surface area contributed by atoms with Crippen LogP contribution in [0.2, 0.25) is 0 Å². The van der Waals surface area contributed by atoms with E-state index in [1.807, 2.05) is 6.20 Å². The Morgan fingerprint density at radius 3 is 2.81 bits per heavy atom. The number of ether oxygens (including phenoxy) is 2. The number of nitrogens with zero attached hydrogens (tertiary/aromatic N) is 4. The largest absolute Gasteiger partial charge is 0.475 e. The van der Waals surface area contributed by atoms with Crippen molar-refractivity contribution in [2.75, 3.05) is 37.0 Å². The summed E-state index contributed by atoms with van der Waals surface area (Å²) in [5.74, 6) is 2.78. The van der Waals surface area contributed by atoms with Crippen molar-refractivity contribution in [3.63, 3.8) is 0 Å². The molecule has 2 aromatic rings. The van der Waals surface area contributed by atoms with Gasteiger partial charge in [0.15, 0.2) is 0 Å². The van der Waals surface area contributed by atoms with Crippen molar-refractivity contribution >= 4 is 17.5 Å². The van der Waals surface area contributed by atoms with Crippen molar-refractivity contribution in [1.82, 2.24) is 19.7 Å². The van der Waals surface area contributed by atoms with Crippen molar-refractivity contribution in [1.29, 1.82) is 0 Å². The van der Waals surface area contributed by atoms with E-state index in [1.54, 1.807) is 0 Å². The summed E-state index contributed by atoms with van der Waals surface area (Å²) in [6, 6.07) is 0.347. The lowest BCUT2D eigenvalue weighted by molar-refractivity contribution is 0.0652. The van der Waals surface area contributed by atoms with Gasteiger partial charge in [0.05, 0.1) is 18.3 Å². The summed E-state index contributed by atoms with van der Waals surface area (Å²) in [6.07, 6.45) is 7.27. The van der Waals surface area contributed by atoms with Gasteiger partial charge in [-0.3, -0.25) is 4.68 Å². The molecule has 1 saturated carbocycles. The summed E-state index contributed by atoms with van der Waals surface area (Å²) in [4.78, 5) is 9.31. The second kappa shape index (κ2) is 6.99. The summed E-state index contributed by atoms with van der Waals surface area (Å²) in [5, 5.41) is 11.6. The van der Waals surface area contributed by atoms with E-state index in [9.17, 15) is 0 Å². The van der Waals surface area contributed by atoms with Crippen LogP contribution >= 0.6 is 0 Å². The fraction of sp³-hybridized carbons (Fsp3) is 0.632. The Balaban J connectivity index is 1.50. The quantitative estimate of drug-likeness (QED) is 0.840. The van der Waals surface area contributed by atoms with Gasteiger partial charge in [0.1, 0.15) is 11.5 Å². The molecule has 2 aliphatic heterocycles. The minimum absolute atomic E-state index is 0.347. The smallest absolute Gasteiger partial charge is 0.257 e. The maximum absolute atomic E-state index is 6.02. The molecule has 0 amide bonds. The zero-order valence-electron chi connectivity index (χ0n) is 15.7. The summed E-state index contributed by atoms with van der Waals surface area (Å²) < 4.78 is 13.6. The Hall–Kier alpha value is -2.35. The van der Waals surface area contributed by atoms with Crippen LogP contribution in [0, 0.1) is 6.92 Å². The van der Waals surface area contributed by atoms with Crippen molar-refractivity contribution < 1.29 is 9.47 Å². The molecule has 27 heavy (non-hydrogen) atoms. The molecule has 4 heterocycles. The van der Waals surface area contributed by atoms with E-state index in [1.165, 1.54) is 18.4 Å². The molecule has 0 atom stereocenters. The van der Waals surface area contributed by atoms with Gasteiger partial charge in [0.2, 0.25) is 5.95 Å². The number of fused-ring (bicyclic) bond motifs is 3. The van der Waals surface area contributed by atoms with Crippen molar-refractivity contribution in [3.05, 3.63) is 17.5 Å². The minimum atomic E-state index is 0.347. The van der Waals surface area contributed by atoms with Gasteiger partial charge in [0.25, 0.3) is 5.88 Å². The molecule has 1 aliphatic carbocycles. The Labute approximate surface area is 158 Å². The van der Waals surface area contributed by atoms with Gasteiger partial charge in [-0.15, -0.1) is 5.10 Å². The molecular formula is C19H26N6O2. The highest BCUT2D eigenvalue weighted by Gasteiger charge is 2.29. The fourth-order valence-corrected chi connectivity index (χ4v) is 3.87. The summed E-state index contributed by atoms with van der Waals surface area (Å²) >= 11 is 0. The second-order valence-electron chi connectivity index (χ2n) is 7.58. The van der Waals surface area contributed by atoms with E-state index in [2.05, 4.69) is 27.2 Å². The van der Waals surface area contributed by atoms with Gasteiger partial charge in [-0.2, -0.15) is 4.98 Å². The molecule has 2 bridgehead atoms. The molecule has 0 unspecified atom stereocenters. The lowest BCUT2D eigenvalue weighted by Gasteiger charge is -2.23. The van der Waals surface area contributed by atoms with E-state index in [0.717, 1.165) is 56.2 Å². The van der Waals surface area contributed by atoms with Crippen LogP contribution in [0.1, 0.15) is 55.3 Å². The van der Waals surface area contributed by atoms with Crippen LogP contribution < -0.4 is 15.4 Å². The minimum Gasteiger partial charge on any atom is -0.475 e. The molecule has 2 N–H and O–H groups in total. The standard InChI is InChI=1S/C19H26N6O2/c1-12-16-18(24-25(12)14-5-9-26-10-6-14)27-8-2-7-20-17-15(13-3-4-13)11-21-19(22-16)23-17/h11,13-14H,2-10H2,1H3,(H2,20,21,22,23). The van der Waals surface area contributed by atoms with Crippen LogP contribution in [-0.4, -0.2) is 46.1 Å². The molecule has 144 valence electrons. The highest BCUT2D eigenvalue weighted by atomic mass is 16.5. The average molecular weight is 370 g/mol. The van der Waals surface area contributed by atoms with Gasteiger partial charge < -0.3 is 20.1 Å². The maximum atomic E-state index is 6.02. The van der Waals surface area contributed by atoms with Gasteiger partial charge in [-0.05, 0) is 44.9 Å². The molecular weight excluding hydrogens is 344 g/mol. The summed E-state index contributed by atoms with van der Waals surface area (Å²) in [5.41, 5.74) is 3.16. The Morgan fingerprint density at radius 1 is 1.15 bits per heavy atom. The van der Waals surface area contributed by atoms with Crippen LogP contribution in [0.5, 0.6) is 5.88 Å². The zero-order chi connectivity index (χ0) is 18.2. The third-order valence-corrected chi connectivity index (χ3v) is 5.58. The molecule has 8 nitrogen and oxygen atoms in total. The SMILES string of the molecule is Cc1c2c(nn1C1CCOCC1)OCCCNc1nc(ncc1C1CC1)N2. The number of nitrogens with one attached hydrogen (secondary N) is 2. The molecule has 0 spiro atoms. The highest BCUT2D eigenvalue weighted by Crippen LogP contribution is 2.43. The number of rotatable bonds is 2. The molecule has 0 aromatic carbocycles. The predicted molar refractivity (Wildman–Crippen MR) is 102 cm³/mol. The Bertz CT molecular complexity index is 826. The van der Waals surface area contributed by atoms with E-state index >= 15 is 0 Å². The lowest BCUT2D eigenvalue weighted by atomic mass is 10.1. The molecule has 3 aliphatic rings. The Kier molecular flexibility index (Phi) is 4.35. The third kappa shape index (κ3) is 3.34. The lowest BCUT2D eigenvalue weighted by Crippen LogP contribution is -2.21. The first-order valence-electron chi connectivity index (χ1n) is 9.97. The molecule has 1 saturated heterocycles. The number of hydrogen-bond acceptors (Lipinski definition) is 7. The topological polar surface area (TPSA) is 86.1 Å². The monoisotopic (exact) mass is 370 g/mol. The predicted octanol–water partition coefficient (Wildman–Crippen LogP) is 3.15. The van der Waals surface area contributed by atoms with E-state index in [0.29, 0.717) is 30.4 Å². The van der Waals surface area contributed by atoms with E-state index in [-0.39, 0.29) is 0 Å². The number of anilines is 3. The maximum Gasteiger partial charge on any atom is 0.257 e. The average Bonchev–Trinajstić information content (AvgIpc) is 3.49. The zero-order valence-corrected chi connectivity index (χ0v) is 15.7. The van der Waals surface area contributed by atoms with Crippen molar-refractivity contribution in [2.45, 2.75) is 51.0 Å². The first kappa shape index (κ1) is 16.8. The van der Waals surface area contributed by atoms with E-state index < -0.39 is 0 Å². The number of aromatic nitrogens is 4. The first-order valence-corrected chi connectivity index (χ1v) is 9.97. The van der Waals surface area contributed by atoms with E-state index in [4.69, 9.17) is 19.6 Å². The van der Waals surface area contributed by atoms with Crippen molar-refractivity contribution in [3.8, 4) is 5.88 Å². The number of hydrogen-bond donors (Lipinski definition) is 2. The fourth-order valence-electron chi connectivity index (χ4n) is 3.87. The molecule has 2 aromatic heterocycles. The van der Waals surface area contributed by atoms with Gasteiger partial charge >= 0.3 is 0 Å². The third-order valence-electron chi connectivity index (χ3n) is 5.58. The van der Waals surface area contributed by atoms with Gasteiger partial charge in [-0.1, -0.05) is 0 Å². The molecule has 0 radical (unpaired) electrons. The summed E-state index contributed by atoms with van der Waals surface area (Å²) in [7, 11) is 0. The Morgan fingerprint density at radius 2 is 2.00 bits per heavy atom. The van der Waals surface area contributed by atoms with Gasteiger partial charge in [-0.25, -0.2) is 4.98 Å². The van der Waals surface area contributed by atoms with Crippen LogP contribution in [0.4, 0.5) is 17.5 Å². The van der Waals surface area contributed by atoms with Crippen molar-refractivity contribution in [2.24, 2.45) is 0 Å². The van der Waals surface area contributed by atoms with Crippen LogP contribution in [-0.2, 0) is 4.74 Å².